The lowest BCUT2D eigenvalue weighted by Gasteiger charge is -2.18. The fraction of sp³-hybridized carbons (Fsp3) is 0.0690. The van der Waals surface area contributed by atoms with Crippen molar-refractivity contribution in [3.05, 3.63) is 194 Å². The van der Waals surface area contributed by atoms with Gasteiger partial charge in [0.05, 0.1) is 0 Å². The molecule has 0 bridgehead atoms. The molecule has 0 N–H and O–H groups in total. The Balaban J connectivity index is 1.16. The van der Waals surface area contributed by atoms with Crippen molar-refractivity contribution >= 4 is 75.9 Å². The Bertz CT molecular complexity index is 3500. The maximum absolute atomic E-state index is 2.48. The maximum atomic E-state index is 2.48. The van der Waals surface area contributed by atoms with Gasteiger partial charge in [-0.2, -0.15) is 0 Å². The van der Waals surface area contributed by atoms with Crippen LogP contribution in [0.5, 0.6) is 0 Å². The zero-order valence-electron chi connectivity index (χ0n) is 33.8. The zero-order chi connectivity index (χ0) is 39.9. The fourth-order valence-corrected chi connectivity index (χ4v) is 10.4. The molecule has 0 aliphatic carbocycles. The van der Waals surface area contributed by atoms with E-state index in [4.69, 9.17) is 0 Å². The number of aryl methyl sites for hydroxylation is 2. The van der Waals surface area contributed by atoms with Crippen molar-refractivity contribution in [2.24, 2.45) is 0 Å². The van der Waals surface area contributed by atoms with E-state index >= 15 is 0 Å². The molecule has 2 aromatic heterocycles. The Kier molecular flexibility index (Phi) is 7.83. The monoisotopic (exact) mass is 766 g/mol. The van der Waals surface area contributed by atoms with Gasteiger partial charge < -0.3 is 9.13 Å². The minimum Gasteiger partial charge on any atom is -0.341 e. The minimum atomic E-state index is 0.912. The highest BCUT2D eigenvalue weighted by molar-refractivity contribution is 6.20. The van der Waals surface area contributed by atoms with Crippen LogP contribution in [0.3, 0.4) is 0 Å². The predicted molar refractivity (Wildman–Crippen MR) is 258 cm³/mol. The van der Waals surface area contributed by atoms with E-state index in [1.54, 1.807) is 0 Å². The molecule has 2 heteroatoms. The molecule has 0 aliphatic rings. The summed E-state index contributed by atoms with van der Waals surface area (Å²) in [6, 6.07) is 72.6. The first-order valence-corrected chi connectivity index (χ1v) is 21.3. The lowest BCUT2D eigenvalue weighted by Crippen LogP contribution is -1.94. The Morgan fingerprint density at radius 1 is 0.283 bits per heavy atom. The van der Waals surface area contributed by atoms with Gasteiger partial charge in [-0.3, -0.25) is 0 Å². The third kappa shape index (κ3) is 5.14. The summed E-state index contributed by atoms with van der Waals surface area (Å²) in [6.45, 7) is 6.33. The lowest BCUT2D eigenvalue weighted by molar-refractivity contribution is 0.827. The molecule has 10 aromatic carbocycles. The highest BCUT2D eigenvalue weighted by atomic mass is 15.0. The topological polar surface area (TPSA) is 9.86 Å². The van der Waals surface area contributed by atoms with Gasteiger partial charge in [0.15, 0.2) is 0 Å². The number of rotatable bonds is 6. The molecule has 0 saturated carbocycles. The highest BCUT2D eigenvalue weighted by Crippen LogP contribution is 2.45. The van der Waals surface area contributed by atoms with Crippen LogP contribution in [0.1, 0.15) is 13.8 Å². The third-order valence-electron chi connectivity index (χ3n) is 13.1. The van der Waals surface area contributed by atoms with Crippen LogP contribution in [0.4, 0.5) is 0 Å². The van der Waals surface area contributed by atoms with Crippen molar-refractivity contribution < 1.29 is 0 Å². The Morgan fingerprint density at radius 3 is 1.32 bits per heavy atom. The Morgan fingerprint density at radius 2 is 0.750 bits per heavy atom. The number of fused-ring (bicyclic) bond motifs is 9. The molecule has 0 saturated heterocycles. The highest BCUT2D eigenvalue weighted by Gasteiger charge is 2.19. The van der Waals surface area contributed by atoms with Crippen LogP contribution in [-0.2, 0) is 13.1 Å². The fourth-order valence-electron chi connectivity index (χ4n) is 10.4. The van der Waals surface area contributed by atoms with Gasteiger partial charge in [0.1, 0.15) is 0 Å². The van der Waals surface area contributed by atoms with Crippen molar-refractivity contribution in [1.82, 2.24) is 9.13 Å². The minimum absolute atomic E-state index is 0.912. The smallest absolute Gasteiger partial charge is 0.0497 e. The second-order valence-electron chi connectivity index (χ2n) is 16.1. The molecule has 12 aromatic rings. The van der Waals surface area contributed by atoms with Gasteiger partial charge in [-0.25, -0.2) is 0 Å². The second kappa shape index (κ2) is 13.6. The quantitative estimate of drug-likeness (QED) is 0.149. The molecule has 60 heavy (non-hydrogen) atoms. The molecule has 284 valence electrons. The third-order valence-corrected chi connectivity index (χ3v) is 13.1. The molecule has 0 fully saturated rings. The van der Waals surface area contributed by atoms with Crippen molar-refractivity contribution in [2.45, 2.75) is 26.9 Å². The zero-order valence-corrected chi connectivity index (χ0v) is 33.8. The maximum Gasteiger partial charge on any atom is 0.0497 e. The number of para-hydroxylation sites is 2. The van der Waals surface area contributed by atoms with E-state index in [2.05, 4.69) is 217 Å². The van der Waals surface area contributed by atoms with Gasteiger partial charge in [-0.15, -0.1) is 0 Å². The van der Waals surface area contributed by atoms with E-state index in [0.29, 0.717) is 0 Å². The Labute approximate surface area is 349 Å². The number of aromatic nitrogens is 2. The van der Waals surface area contributed by atoms with E-state index in [0.717, 1.165) is 13.1 Å². The number of hydrogen-bond acceptors (Lipinski definition) is 0. The van der Waals surface area contributed by atoms with Crippen LogP contribution in [0.15, 0.2) is 194 Å². The number of hydrogen-bond donors (Lipinski definition) is 0. The SMILES string of the molecule is CCn1c2ccccc2c2ccc(-c3cccc4c(-c5ccc6cccc(-c7ccccc7)c6c5)c5cccc(-c6ccc7c8ccccc8n(CC)c7c6)c5cc34)cc21. The summed E-state index contributed by atoms with van der Waals surface area (Å²) in [6.07, 6.45) is 0. The molecular weight excluding hydrogens is 725 g/mol. The molecule has 0 atom stereocenters. The first kappa shape index (κ1) is 34.6. The summed E-state index contributed by atoms with van der Waals surface area (Å²) in [5.74, 6) is 0. The van der Waals surface area contributed by atoms with Crippen molar-refractivity contribution in [3.63, 3.8) is 0 Å². The van der Waals surface area contributed by atoms with Crippen LogP contribution in [0.2, 0.25) is 0 Å². The van der Waals surface area contributed by atoms with E-state index in [1.165, 1.54) is 120 Å². The number of benzene rings is 10. The molecule has 2 heterocycles. The van der Waals surface area contributed by atoms with Crippen molar-refractivity contribution in [2.75, 3.05) is 0 Å². The van der Waals surface area contributed by atoms with Gasteiger partial charge in [-0.1, -0.05) is 158 Å². The largest absolute Gasteiger partial charge is 0.341 e. The standard InChI is InChI=1S/C58H42N2/c1-3-59-54-25-10-8-18-45(54)47-31-29-39(34-56(47)59)43-21-13-23-49-52(43)36-53-44(40-30-32-48-46-19-9-11-26-55(46)60(4-2)57(48)35-40)22-14-24-50(53)58(49)41-28-27-38-17-12-20-42(51(38)33-41)37-15-6-5-7-16-37/h5-36H,3-4H2,1-2H3. The van der Waals surface area contributed by atoms with Gasteiger partial charge >= 0.3 is 0 Å². The molecule has 0 radical (unpaired) electrons. The van der Waals surface area contributed by atoms with Crippen LogP contribution in [-0.4, -0.2) is 9.13 Å². The van der Waals surface area contributed by atoms with Gasteiger partial charge in [0.25, 0.3) is 0 Å². The van der Waals surface area contributed by atoms with Crippen LogP contribution < -0.4 is 0 Å². The second-order valence-corrected chi connectivity index (χ2v) is 16.1. The normalized spacial score (nSPS) is 12.0. The molecule has 0 spiro atoms. The van der Waals surface area contributed by atoms with Gasteiger partial charge in [0.2, 0.25) is 0 Å². The molecular formula is C58H42N2. The van der Waals surface area contributed by atoms with Crippen LogP contribution in [0, 0.1) is 0 Å². The molecule has 0 aliphatic heterocycles. The molecule has 0 amide bonds. The number of nitrogens with zero attached hydrogens (tertiary/aromatic N) is 2. The van der Waals surface area contributed by atoms with Crippen molar-refractivity contribution in [3.8, 4) is 44.5 Å². The Hall–Kier alpha value is -7.42. The average Bonchev–Trinajstić information content (AvgIpc) is 3.81. The van der Waals surface area contributed by atoms with E-state index in [-0.39, 0.29) is 0 Å². The predicted octanol–water partition coefficient (Wildman–Crippen LogP) is 16.1. The first-order valence-electron chi connectivity index (χ1n) is 21.3. The summed E-state index contributed by atoms with van der Waals surface area (Å²) in [7, 11) is 0. The van der Waals surface area contributed by atoms with Gasteiger partial charge in [-0.05, 0) is 127 Å². The summed E-state index contributed by atoms with van der Waals surface area (Å²) in [4.78, 5) is 0. The van der Waals surface area contributed by atoms with E-state index in [1.807, 2.05) is 0 Å². The average molecular weight is 767 g/mol. The van der Waals surface area contributed by atoms with Crippen LogP contribution >= 0.6 is 0 Å². The van der Waals surface area contributed by atoms with E-state index < -0.39 is 0 Å². The summed E-state index contributed by atoms with van der Waals surface area (Å²) in [5, 5.41) is 12.7. The van der Waals surface area contributed by atoms with E-state index in [9.17, 15) is 0 Å². The lowest BCUT2D eigenvalue weighted by atomic mass is 9.85. The summed E-state index contributed by atoms with van der Waals surface area (Å²) < 4.78 is 4.92. The summed E-state index contributed by atoms with van der Waals surface area (Å²) in [5.41, 5.74) is 15.0. The molecule has 0 unspecified atom stereocenters. The molecule has 2 nitrogen and oxygen atoms in total. The van der Waals surface area contributed by atoms with Crippen LogP contribution in [0.25, 0.3) is 120 Å². The van der Waals surface area contributed by atoms with Gasteiger partial charge in [0, 0.05) is 56.7 Å². The summed E-state index contributed by atoms with van der Waals surface area (Å²) >= 11 is 0. The first-order chi connectivity index (χ1) is 29.7. The molecule has 12 rings (SSSR count). The van der Waals surface area contributed by atoms with Crippen molar-refractivity contribution in [1.29, 1.82) is 0 Å².